The van der Waals surface area contributed by atoms with Gasteiger partial charge in [-0.1, -0.05) is 17.7 Å². The number of rotatable bonds is 1. The highest BCUT2D eigenvalue weighted by molar-refractivity contribution is 6.29. The maximum atomic E-state index is 5.74. The van der Waals surface area contributed by atoms with Crippen LogP contribution in [0, 0.1) is 13.8 Å². The van der Waals surface area contributed by atoms with Crippen molar-refractivity contribution >= 4 is 11.6 Å². The molecule has 2 nitrogen and oxygen atoms in total. The fourth-order valence-corrected chi connectivity index (χ4v) is 1.55. The van der Waals surface area contributed by atoms with Crippen LogP contribution in [0.4, 0.5) is 0 Å². The van der Waals surface area contributed by atoms with E-state index in [-0.39, 0.29) is 0 Å². The molecule has 0 spiro atoms. The maximum Gasteiger partial charge on any atom is 0.129 e. The molecule has 0 aliphatic heterocycles. The molecule has 0 saturated carbocycles. The molecule has 0 aliphatic rings. The quantitative estimate of drug-likeness (QED) is 0.686. The van der Waals surface area contributed by atoms with E-state index in [1.165, 1.54) is 0 Å². The predicted molar refractivity (Wildman–Crippen MR) is 62.0 cm³/mol. The Morgan fingerprint density at radius 3 is 2.53 bits per heavy atom. The van der Waals surface area contributed by atoms with Gasteiger partial charge in [0.15, 0.2) is 0 Å². The smallest absolute Gasteiger partial charge is 0.129 e. The lowest BCUT2D eigenvalue weighted by Crippen LogP contribution is -1.91. The molecule has 2 aromatic heterocycles. The van der Waals surface area contributed by atoms with Crippen molar-refractivity contribution in [2.75, 3.05) is 0 Å². The van der Waals surface area contributed by atoms with Crippen LogP contribution in [0.5, 0.6) is 0 Å². The van der Waals surface area contributed by atoms with Crippen LogP contribution in [0.3, 0.4) is 0 Å². The number of hydrogen-bond acceptors (Lipinski definition) is 2. The summed E-state index contributed by atoms with van der Waals surface area (Å²) in [7, 11) is 0. The number of aryl methyl sites for hydroxylation is 2. The van der Waals surface area contributed by atoms with E-state index in [0.717, 1.165) is 22.5 Å². The van der Waals surface area contributed by atoms with Gasteiger partial charge in [-0.05, 0) is 37.6 Å². The Bertz CT molecular complexity index is 477. The van der Waals surface area contributed by atoms with Crippen molar-refractivity contribution in [3.63, 3.8) is 0 Å². The molecule has 15 heavy (non-hydrogen) atoms. The van der Waals surface area contributed by atoms with Crippen LogP contribution in [0.2, 0.25) is 5.15 Å². The largest absolute Gasteiger partial charge is 0.253 e. The number of halogens is 1. The summed E-state index contributed by atoms with van der Waals surface area (Å²) in [5.41, 5.74) is 4.12. The fourth-order valence-electron chi connectivity index (χ4n) is 1.43. The van der Waals surface area contributed by atoms with E-state index in [4.69, 9.17) is 11.6 Å². The summed E-state index contributed by atoms with van der Waals surface area (Å²) >= 11 is 5.74. The third-order valence-electron chi connectivity index (χ3n) is 2.24. The molecule has 0 aromatic carbocycles. The summed E-state index contributed by atoms with van der Waals surface area (Å²) in [6.45, 7) is 4.02. The number of aromatic nitrogens is 2. The van der Waals surface area contributed by atoms with E-state index in [1.54, 1.807) is 12.3 Å². The summed E-state index contributed by atoms with van der Waals surface area (Å²) in [5, 5.41) is 0.504. The summed E-state index contributed by atoms with van der Waals surface area (Å²) in [6, 6.07) is 7.78. The van der Waals surface area contributed by atoms with Crippen LogP contribution >= 0.6 is 11.6 Å². The standard InChI is InChI=1S/C12H11ClN2/c1-8-3-4-9(2)15-12(8)10-5-6-11(13)14-7-10/h3-7H,1-2H3. The van der Waals surface area contributed by atoms with Crippen LogP contribution in [0.25, 0.3) is 11.3 Å². The maximum absolute atomic E-state index is 5.74. The molecule has 76 valence electrons. The number of hydrogen-bond donors (Lipinski definition) is 0. The fraction of sp³-hybridized carbons (Fsp3) is 0.167. The Hall–Kier alpha value is -1.41. The molecule has 0 fully saturated rings. The summed E-state index contributed by atoms with van der Waals surface area (Å²) in [4.78, 5) is 8.54. The molecule has 0 saturated heterocycles. The average Bonchev–Trinajstić information content (AvgIpc) is 2.23. The van der Waals surface area contributed by atoms with Crippen LogP contribution in [-0.2, 0) is 0 Å². The highest BCUT2D eigenvalue weighted by atomic mass is 35.5. The minimum absolute atomic E-state index is 0.504. The number of nitrogens with zero attached hydrogens (tertiary/aromatic N) is 2. The normalized spacial score (nSPS) is 10.3. The first kappa shape index (κ1) is 10.1. The highest BCUT2D eigenvalue weighted by Crippen LogP contribution is 2.21. The van der Waals surface area contributed by atoms with Gasteiger partial charge < -0.3 is 0 Å². The van der Waals surface area contributed by atoms with Gasteiger partial charge in [-0.25, -0.2) is 4.98 Å². The molecule has 0 radical (unpaired) electrons. The van der Waals surface area contributed by atoms with Crippen LogP contribution in [0.15, 0.2) is 30.5 Å². The molecule has 0 atom stereocenters. The van der Waals surface area contributed by atoms with Crippen molar-refractivity contribution < 1.29 is 0 Å². The van der Waals surface area contributed by atoms with Crippen molar-refractivity contribution in [3.05, 3.63) is 46.9 Å². The molecule has 0 N–H and O–H groups in total. The molecule has 0 aliphatic carbocycles. The summed E-state index contributed by atoms with van der Waals surface area (Å²) in [6.07, 6.45) is 1.75. The zero-order chi connectivity index (χ0) is 10.8. The SMILES string of the molecule is Cc1ccc(C)c(-c2ccc(Cl)nc2)n1. The van der Waals surface area contributed by atoms with Crippen molar-refractivity contribution in [3.8, 4) is 11.3 Å². The first-order chi connectivity index (χ1) is 7.16. The van der Waals surface area contributed by atoms with E-state index in [1.807, 2.05) is 26.0 Å². The molecular weight excluding hydrogens is 208 g/mol. The zero-order valence-corrected chi connectivity index (χ0v) is 9.42. The van der Waals surface area contributed by atoms with Gasteiger partial charge in [0.2, 0.25) is 0 Å². The molecule has 2 heterocycles. The van der Waals surface area contributed by atoms with Gasteiger partial charge in [0, 0.05) is 17.5 Å². The molecular formula is C12H11ClN2. The molecule has 0 amide bonds. The lowest BCUT2D eigenvalue weighted by molar-refractivity contribution is 1.17. The predicted octanol–water partition coefficient (Wildman–Crippen LogP) is 3.41. The molecule has 3 heteroatoms. The van der Waals surface area contributed by atoms with Crippen molar-refractivity contribution in [2.24, 2.45) is 0 Å². The van der Waals surface area contributed by atoms with E-state index in [0.29, 0.717) is 5.15 Å². The van der Waals surface area contributed by atoms with Crippen LogP contribution in [0.1, 0.15) is 11.3 Å². The zero-order valence-electron chi connectivity index (χ0n) is 8.66. The summed E-state index contributed by atoms with van der Waals surface area (Å²) in [5.74, 6) is 0. The Morgan fingerprint density at radius 1 is 1.07 bits per heavy atom. The Labute approximate surface area is 94.0 Å². The average molecular weight is 219 g/mol. The highest BCUT2D eigenvalue weighted by Gasteiger charge is 2.04. The second kappa shape index (κ2) is 3.99. The van der Waals surface area contributed by atoms with E-state index >= 15 is 0 Å². The van der Waals surface area contributed by atoms with Gasteiger partial charge in [0.25, 0.3) is 0 Å². The third kappa shape index (κ3) is 2.16. The Kier molecular flexibility index (Phi) is 2.69. The Morgan fingerprint density at radius 2 is 1.87 bits per heavy atom. The molecule has 2 rings (SSSR count). The van der Waals surface area contributed by atoms with E-state index in [2.05, 4.69) is 16.0 Å². The lowest BCUT2D eigenvalue weighted by atomic mass is 10.1. The second-order valence-electron chi connectivity index (χ2n) is 3.49. The minimum atomic E-state index is 0.504. The topological polar surface area (TPSA) is 25.8 Å². The summed E-state index contributed by atoms with van der Waals surface area (Å²) < 4.78 is 0. The molecule has 0 unspecified atom stereocenters. The van der Waals surface area contributed by atoms with Crippen molar-refractivity contribution in [2.45, 2.75) is 13.8 Å². The van der Waals surface area contributed by atoms with Gasteiger partial charge in [-0.3, -0.25) is 4.98 Å². The van der Waals surface area contributed by atoms with Gasteiger partial charge in [0.05, 0.1) is 5.69 Å². The van der Waals surface area contributed by atoms with Crippen molar-refractivity contribution in [1.82, 2.24) is 9.97 Å². The third-order valence-corrected chi connectivity index (χ3v) is 2.46. The molecule has 2 aromatic rings. The first-order valence-corrected chi connectivity index (χ1v) is 5.11. The second-order valence-corrected chi connectivity index (χ2v) is 3.87. The lowest BCUT2D eigenvalue weighted by Gasteiger charge is -2.05. The minimum Gasteiger partial charge on any atom is -0.253 e. The van der Waals surface area contributed by atoms with Gasteiger partial charge >= 0.3 is 0 Å². The van der Waals surface area contributed by atoms with Gasteiger partial charge in [0.1, 0.15) is 5.15 Å². The van der Waals surface area contributed by atoms with Gasteiger partial charge in [-0.15, -0.1) is 0 Å². The van der Waals surface area contributed by atoms with E-state index < -0.39 is 0 Å². The van der Waals surface area contributed by atoms with Crippen molar-refractivity contribution in [1.29, 1.82) is 0 Å². The molecule has 0 bridgehead atoms. The van der Waals surface area contributed by atoms with Crippen LogP contribution < -0.4 is 0 Å². The number of pyridine rings is 2. The first-order valence-electron chi connectivity index (χ1n) is 4.73. The van der Waals surface area contributed by atoms with Gasteiger partial charge in [-0.2, -0.15) is 0 Å². The Balaban J connectivity index is 2.53. The van der Waals surface area contributed by atoms with E-state index in [9.17, 15) is 0 Å². The van der Waals surface area contributed by atoms with Crippen LogP contribution in [-0.4, -0.2) is 9.97 Å². The monoisotopic (exact) mass is 218 g/mol.